The van der Waals surface area contributed by atoms with Crippen LogP contribution < -0.4 is 0 Å². The van der Waals surface area contributed by atoms with E-state index in [4.69, 9.17) is 10.00 Å². The Morgan fingerprint density at radius 3 is 2.31 bits per heavy atom. The Morgan fingerprint density at radius 1 is 0.972 bits per heavy atom. The second-order valence-electron chi connectivity index (χ2n) is 7.89. The van der Waals surface area contributed by atoms with Gasteiger partial charge in [-0.2, -0.15) is 23.7 Å². The molecule has 182 valence electrons. The number of benzene rings is 3. The zero-order valence-corrected chi connectivity index (χ0v) is 19.8. The maximum absolute atomic E-state index is 13.7. The first-order valence-corrected chi connectivity index (χ1v) is 10.6. The molecule has 9 heteroatoms. The summed E-state index contributed by atoms with van der Waals surface area (Å²) in [7, 11) is 1.80. The molecule has 0 aliphatic rings. The van der Waals surface area contributed by atoms with Gasteiger partial charge in [0.2, 0.25) is 0 Å². The summed E-state index contributed by atoms with van der Waals surface area (Å²) in [5, 5.41) is 18.6. The lowest BCUT2D eigenvalue weighted by molar-refractivity contribution is -0.137. The van der Waals surface area contributed by atoms with Gasteiger partial charge in [0.15, 0.2) is 0 Å². The van der Waals surface area contributed by atoms with Gasteiger partial charge >= 0.3 is 6.18 Å². The number of halogens is 4. The van der Waals surface area contributed by atoms with Crippen LogP contribution in [0.2, 0.25) is 0 Å². The molecule has 0 bridgehead atoms. The monoisotopic (exact) mass is 508 g/mol. The molecule has 0 saturated heterocycles. The Hall–Kier alpha value is -4.11. The number of nitrogens with zero attached hydrogens (tertiary/aromatic N) is 4. The van der Waals surface area contributed by atoms with Crippen LogP contribution in [0.25, 0.3) is 11.1 Å². The van der Waals surface area contributed by atoms with E-state index < -0.39 is 17.8 Å². The van der Waals surface area contributed by atoms with Crippen LogP contribution in [0.1, 0.15) is 39.6 Å². The fraction of sp³-hybridized carbons (Fsp3) is 0.148. The van der Waals surface area contributed by atoms with Gasteiger partial charge in [0.1, 0.15) is 6.10 Å². The molecular weight excluding hydrogens is 489 g/mol. The highest BCUT2D eigenvalue weighted by molar-refractivity contribution is 5.85. The third-order valence-corrected chi connectivity index (χ3v) is 5.61. The first kappa shape index (κ1) is 26.5. The van der Waals surface area contributed by atoms with E-state index in [1.54, 1.807) is 60.5 Å². The molecule has 1 heterocycles. The third kappa shape index (κ3) is 5.58. The summed E-state index contributed by atoms with van der Waals surface area (Å²) < 4.78 is 49.2. The number of rotatable bonds is 6. The number of hydrogen-bond donors (Lipinski definition) is 0. The lowest BCUT2D eigenvalue weighted by Crippen LogP contribution is -2.11. The summed E-state index contributed by atoms with van der Waals surface area (Å²) in [5.74, 6) is 0. The molecule has 0 aliphatic carbocycles. The highest BCUT2D eigenvalue weighted by Crippen LogP contribution is 2.39. The van der Waals surface area contributed by atoms with Crippen LogP contribution in [0.3, 0.4) is 0 Å². The predicted molar refractivity (Wildman–Crippen MR) is 130 cm³/mol. The maximum atomic E-state index is 13.7. The van der Waals surface area contributed by atoms with E-state index in [9.17, 15) is 18.4 Å². The summed E-state index contributed by atoms with van der Waals surface area (Å²) >= 11 is 0. The molecule has 1 unspecified atom stereocenters. The molecule has 1 atom stereocenters. The first-order chi connectivity index (χ1) is 16.8. The van der Waals surface area contributed by atoms with Crippen molar-refractivity contribution in [2.24, 2.45) is 7.05 Å². The Bertz CT molecular complexity index is 1430. The van der Waals surface area contributed by atoms with Gasteiger partial charge in [-0.25, -0.2) is 4.98 Å². The Labute approximate surface area is 212 Å². The molecule has 3 aromatic carbocycles. The third-order valence-electron chi connectivity index (χ3n) is 5.61. The van der Waals surface area contributed by atoms with Gasteiger partial charge in [-0.1, -0.05) is 36.4 Å². The standard InChI is InChI=1S/C27H19F3N4O.ClH/c1-34-17-33-15-25(34)26(35-16-19-8-6-18(13-31)7-9-19)20-10-11-21(14-32)23(12-20)22-4-2-3-5-24(22)27(28,29)30;/h2-12,15,17,26H,16H2,1H3;1H. The van der Waals surface area contributed by atoms with Gasteiger partial charge in [0.25, 0.3) is 0 Å². The van der Waals surface area contributed by atoms with E-state index in [1.807, 2.05) is 6.07 Å². The first-order valence-electron chi connectivity index (χ1n) is 10.6. The molecule has 0 spiro atoms. The number of aryl methyl sites for hydroxylation is 1. The Morgan fingerprint density at radius 2 is 1.69 bits per heavy atom. The van der Waals surface area contributed by atoms with Crippen molar-refractivity contribution in [3.8, 4) is 23.3 Å². The maximum Gasteiger partial charge on any atom is 0.417 e. The normalized spacial score (nSPS) is 11.7. The number of ether oxygens (including phenoxy) is 1. The fourth-order valence-electron chi connectivity index (χ4n) is 3.84. The van der Waals surface area contributed by atoms with Crippen molar-refractivity contribution < 1.29 is 17.9 Å². The molecule has 0 N–H and O–H groups in total. The minimum atomic E-state index is -4.58. The molecule has 4 rings (SSSR count). The Kier molecular flexibility index (Phi) is 8.16. The van der Waals surface area contributed by atoms with Gasteiger partial charge in [-0.05, 0) is 47.0 Å². The average molecular weight is 509 g/mol. The van der Waals surface area contributed by atoms with Crippen LogP contribution in [-0.4, -0.2) is 9.55 Å². The summed E-state index contributed by atoms with van der Waals surface area (Å²) in [4.78, 5) is 4.15. The molecule has 1 aromatic heterocycles. The van der Waals surface area contributed by atoms with E-state index in [1.165, 1.54) is 24.3 Å². The van der Waals surface area contributed by atoms with Gasteiger partial charge in [-0.3, -0.25) is 0 Å². The van der Waals surface area contributed by atoms with Gasteiger partial charge in [-0.15, -0.1) is 12.4 Å². The molecule has 0 aliphatic heterocycles. The number of hydrogen-bond acceptors (Lipinski definition) is 4. The van der Waals surface area contributed by atoms with Crippen molar-refractivity contribution in [3.63, 3.8) is 0 Å². The van der Waals surface area contributed by atoms with Crippen LogP contribution in [0.15, 0.2) is 79.3 Å². The molecule has 5 nitrogen and oxygen atoms in total. The van der Waals surface area contributed by atoms with Crippen molar-refractivity contribution >= 4 is 12.4 Å². The van der Waals surface area contributed by atoms with E-state index in [2.05, 4.69) is 11.1 Å². The van der Waals surface area contributed by atoms with Crippen molar-refractivity contribution in [2.75, 3.05) is 0 Å². The predicted octanol–water partition coefficient (Wildman–Crippen LogP) is 6.58. The van der Waals surface area contributed by atoms with Crippen molar-refractivity contribution in [2.45, 2.75) is 18.9 Å². The van der Waals surface area contributed by atoms with Crippen molar-refractivity contribution in [1.82, 2.24) is 9.55 Å². The van der Waals surface area contributed by atoms with Crippen molar-refractivity contribution in [3.05, 3.63) is 113 Å². The van der Waals surface area contributed by atoms with Gasteiger partial charge < -0.3 is 9.30 Å². The largest absolute Gasteiger partial charge is 0.417 e. The number of nitriles is 2. The van der Waals surface area contributed by atoms with E-state index in [-0.39, 0.29) is 35.7 Å². The van der Waals surface area contributed by atoms with Crippen LogP contribution in [0.4, 0.5) is 13.2 Å². The molecule has 0 saturated carbocycles. The van der Waals surface area contributed by atoms with E-state index in [0.29, 0.717) is 16.8 Å². The van der Waals surface area contributed by atoms with Gasteiger partial charge in [0, 0.05) is 12.6 Å². The number of imidazole rings is 1. The highest BCUT2D eigenvalue weighted by atomic mass is 35.5. The summed E-state index contributed by atoms with van der Waals surface area (Å²) in [6.07, 6.45) is -2.00. The lowest BCUT2D eigenvalue weighted by atomic mass is 9.92. The summed E-state index contributed by atoms with van der Waals surface area (Å²) in [6, 6.07) is 20.9. The molecule has 4 aromatic rings. The minimum Gasteiger partial charge on any atom is -0.363 e. The smallest absolute Gasteiger partial charge is 0.363 e. The lowest BCUT2D eigenvalue weighted by Gasteiger charge is -2.21. The number of aromatic nitrogens is 2. The van der Waals surface area contributed by atoms with Gasteiger partial charge in [0.05, 0.1) is 53.7 Å². The minimum absolute atomic E-state index is 0. The summed E-state index contributed by atoms with van der Waals surface area (Å²) in [6.45, 7) is 0.191. The zero-order chi connectivity index (χ0) is 25.0. The zero-order valence-electron chi connectivity index (χ0n) is 19.0. The Balaban J connectivity index is 0.00000361. The van der Waals surface area contributed by atoms with Crippen LogP contribution in [0.5, 0.6) is 0 Å². The average Bonchev–Trinajstić information content (AvgIpc) is 3.29. The van der Waals surface area contributed by atoms with E-state index >= 15 is 0 Å². The fourth-order valence-corrected chi connectivity index (χ4v) is 3.84. The van der Waals surface area contributed by atoms with Crippen LogP contribution in [0, 0.1) is 22.7 Å². The molecule has 0 fully saturated rings. The molecule has 0 radical (unpaired) electrons. The molecule has 36 heavy (non-hydrogen) atoms. The van der Waals surface area contributed by atoms with Crippen LogP contribution >= 0.6 is 12.4 Å². The molecule has 0 amide bonds. The number of alkyl halides is 3. The van der Waals surface area contributed by atoms with Crippen LogP contribution in [-0.2, 0) is 24.6 Å². The second-order valence-corrected chi connectivity index (χ2v) is 7.89. The second kappa shape index (κ2) is 11.1. The van der Waals surface area contributed by atoms with E-state index in [0.717, 1.165) is 11.6 Å². The quantitative estimate of drug-likeness (QED) is 0.295. The summed E-state index contributed by atoms with van der Waals surface area (Å²) in [5.41, 5.74) is 2.03. The molecular formula is C27H20ClF3N4O. The SMILES string of the molecule is Cl.Cn1cncc1C(OCc1ccc(C#N)cc1)c1ccc(C#N)c(-c2ccccc2C(F)(F)F)c1. The topological polar surface area (TPSA) is 74.6 Å². The highest BCUT2D eigenvalue weighted by Gasteiger charge is 2.34. The van der Waals surface area contributed by atoms with Crippen molar-refractivity contribution in [1.29, 1.82) is 10.5 Å².